The molecule has 114 valence electrons. The number of hydrogen-bond acceptors (Lipinski definition) is 2. The van der Waals surface area contributed by atoms with E-state index in [1.807, 2.05) is 0 Å². The Morgan fingerprint density at radius 3 is 2.86 bits per heavy atom. The van der Waals surface area contributed by atoms with Crippen LogP contribution in [-0.2, 0) is 4.79 Å². The lowest BCUT2D eigenvalue weighted by molar-refractivity contribution is -0.129. The van der Waals surface area contributed by atoms with Crippen molar-refractivity contribution in [1.29, 1.82) is 0 Å². The lowest BCUT2D eigenvalue weighted by Crippen LogP contribution is -2.37. The van der Waals surface area contributed by atoms with E-state index in [4.69, 9.17) is 0 Å². The first kappa shape index (κ1) is 14.6. The molecule has 1 aromatic rings. The average Bonchev–Trinajstić information content (AvgIpc) is 2.83. The maximum atomic E-state index is 12.3. The minimum absolute atomic E-state index is 0.0616. The number of carbonyl (C=O) groups excluding carboxylic acids is 1. The van der Waals surface area contributed by atoms with E-state index in [9.17, 15) is 4.79 Å². The van der Waals surface area contributed by atoms with Crippen molar-refractivity contribution in [2.45, 2.75) is 45.7 Å². The van der Waals surface area contributed by atoms with Crippen molar-refractivity contribution in [2.24, 2.45) is 11.8 Å². The molecule has 1 aliphatic carbocycles. The predicted octanol–water partition coefficient (Wildman–Crippen LogP) is 3.25. The van der Waals surface area contributed by atoms with Crippen molar-refractivity contribution in [1.82, 2.24) is 10.2 Å². The van der Waals surface area contributed by atoms with E-state index in [2.05, 4.69) is 48.3 Å². The van der Waals surface area contributed by atoms with Crippen molar-refractivity contribution in [3.05, 3.63) is 35.4 Å². The monoisotopic (exact) mass is 286 g/mol. The predicted molar refractivity (Wildman–Crippen MR) is 84.8 cm³/mol. The minimum atomic E-state index is 0.0616. The van der Waals surface area contributed by atoms with Crippen LogP contribution in [0.5, 0.6) is 0 Å². The molecule has 0 spiro atoms. The Bertz CT molecular complexity index is 514. The molecule has 3 rings (SSSR count). The summed E-state index contributed by atoms with van der Waals surface area (Å²) >= 11 is 0. The average molecular weight is 286 g/mol. The van der Waals surface area contributed by atoms with E-state index in [1.54, 1.807) is 0 Å². The number of nitrogens with one attached hydrogen (secondary N) is 1. The zero-order valence-corrected chi connectivity index (χ0v) is 13.1. The zero-order valence-electron chi connectivity index (χ0n) is 13.1. The molecule has 2 aliphatic rings. The molecule has 3 unspecified atom stereocenters. The molecule has 3 heteroatoms. The minimum Gasteiger partial charge on any atom is -0.322 e. The highest BCUT2D eigenvalue weighted by Crippen LogP contribution is 2.33. The third-order valence-electron chi connectivity index (χ3n) is 5.16. The summed E-state index contributed by atoms with van der Waals surface area (Å²) in [5, 5.41) is 3.38. The summed E-state index contributed by atoms with van der Waals surface area (Å²) in [4.78, 5) is 14.4. The van der Waals surface area contributed by atoms with Crippen molar-refractivity contribution >= 4 is 5.91 Å². The van der Waals surface area contributed by atoms with Crippen LogP contribution in [0.4, 0.5) is 0 Å². The van der Waals surface area contributed by atoms with Gasteiger partial charge in [-0.2, -0.15) is 0 Å². The highest BCUT2D eigenvalue weighted by atomic mass is 16.2. The van der Waals surface area contributed by atoms with Crippen LogP contribution in [-0.4, -0.2) is 23.9 Å². The fourth-order valence-electron chi connectivity index (χ4n) is 3.80. The number of nitrogens with zero attached hydrogens (tertiary/aromatic N) is 1. The SMILES string of the molecule is Cc1cccc(C2NCC(=O)N2CC2CCCCC2C)c1. The van der Waals surface area contributed by atoms with Gasteiger partial charge in [0.2, 0.25) is 5.91 Å². The van der Waals surface area contributed by atoms with E-state index in [1.165, 1.54) is 36.8 Å². The standard InChI is InChI=1S/C18H26N2O/c1-13-6-5-9-15(10-13)18-19-11-17(21)20(18)12-16-8-4-3-7-14(16)2/h5-6,9-10,14,16,18-19H,3-4,7-8,11-12H2,1-2H3. The van der Waals surface area contributed by atoms with Gasteiger partial charge in [0.15, 0.2) is 0 Å². The van der Waals surface area contributed by atoms with Crippen LogP contribution < -0.4 is 5.32 Å². The van der Waals surface area contributed by atoms with E-state index in [-0.39, 0.29) is 12.1 Å². The third kappa shape index (κ3) is 3.13. The van der Waals surface area contributed by atoms with Crippen LogP contribution in [0.1, 0.15) is 49.9 Å². The largest absolute Gasteiger partial charge is 0.322 e. The van der Waals surface area contributed by atoms with E-state index < -0.39 is 0 Å². The first-order valence-corrected chi connectivity index (χ1v) is 8.24. The lowest BCUT2D eigenvalue weighted by atomic mass is 9.80. The molecular formula is C18H26N2O. The Labute approximate surface area is 127 Å². The van der Waals surface area contributed by atoms with Gasteiger partial charge in [-0.05, 0) is 30.7 Å². The molecule has 0 radical (unpaired) electrons. The number of aryl methyl sites for hydroxylation is 1. The topological polar surface area (TPSA) is 32.3 Å². The van der Waals surface area contributed by atoms with Gasteiger partial charge in [0, 0.05) is 6.54 Å². The maximum absolute atomic E-state index is 12.3. The molecule has 1 amide bonds. The third-order valence-corrected chi connectivity index (χ3v) is 5.16. The first-order chi connectivity index (χ1) is 10.1. The zero-order chi connectivity index (χ0) is 14.8. The summed E-state index contributed by atoms with van der Waals surface area (Å²) in [6.07, 6.45) is 5.32. The molecule has 1 heterocycles. The molecule has 1 N–H and O–H groups in total. The smallest absolute Gasteiger partial charge is 0.238 e. The molecular weight excluding hydrogens is 260 g/mol. The number of amides is 1. The molecule has 3 nitrogen and oxygen atoms in total. The molecule has 1 aliphatic heterocycles. The van der Waals surface area contributed by atoms with Crippen LogP contribution in [0.3, 0.4) is 0 Å². The van der Waals surface area contributed by atoms with Gasteiger partial charge in [0.05, 0.1) is 6.54 Å². The second kappa shape index (κ2) is 6.18. The van der Waals surface area contributed by atoms with Crippen LogP contribution >= 0.6 is 0 Å². The van der Waals surface area contributed by atoms with E-state index in [0.29, 0.717) is 12.5 Å². The van der Waals surface area contributed by atoms with E-state index >= 15 is 0 Å². The molecule has 3 atom stereocenters. The summed E-state index contributed by atoms with van der Waals surface area (Å²) in [6, 6.07) is 8.50. The quantitative estimate of drug-likeness (QED) is 0.925. The Balaban J connectivity index is 1.76. The van der Waals surface area contributed by atoms with Crippen molar-refractivity contribution < 1.29 is 4.79 Å². The van der Waals surface area contributed by atoms with Crippen molar-refractivity contribution in [3.8, 4) is 0 Å². The first-order valence-electron chi connectivity index (χ1n) is 8.24. The van der Waals surface area contributed by atoms with Crippen molar-refractivity contribution in [2.75, 3.05) is 13.1 Å². The van der Waals surface area contributed by atoms with E-state index in [0.717, 1.165) is 12.5 Å². The van der Waals surface area contributed by atoms with Crippen LogP contribution in [0.15, 0.2) is 24.3 Å². The molecule has 1 aromatic carbocycles. The molecule has 0 bridgehead atoms. The summed E-state index contributed by atoms with van der Waals surface area (Å²) in [6.45, 7) is 5.83. The summed E-state index contributed by atoms with van der Waals surface area (Å²) < 4.78 is 0. The fraction of sp³-hybridized carbons (Fsp3) is 0.611. The van der Waals surface area contributed by atoms with Gasteiger partial charge in [0.1, 0.15) is 6.17 Å². The summed E-state index contributed by atoms with van der Waals surface area (Å²) in [5.41, 5.74) is 2.46. The summed E-state index contributed by atoms with van der Waals surface area (Å²) in [7, 11) is 0. The van der Waals surface area contributed by atoms with Gasteiger partial charge in [-0.25, -0.2) is 0 Å². The highest BCUT2D eigenvalue weighted by Gasteiger charge is 2.34. The second-order valence-corrected chi connectivity index (χ2v) is 6.77. The van der Waals surface area contributed by atoms with Gasteiger partial charge in [-0.3, -0.25) is 10.1 Å². The van der Waals surface area contributed by atoms with Gasteiger partial charge >= 0.3 is 0 Å². The highest BCUT2D eigenvalue weighted by molar-refractivity contribution is 5.81. The Kier molecular flexibility index (Phi) is 4.29. The van der Waals surface area contributed by atoms with Crippen LogP contribution in [0, 0.1) is 18.8 Å². The number of hydrogen-bond donors (Lipinski definition) is 1. The van der Waals surface area contributed by atoms with Gasteiger partial charge < -0.3 is 4.90 Å². The van der Waals surface area contributed by atoms with Gasteiger partial charge in [-0.1, -0.05) is 56.0 Å². The number of carbonyl (C=O) groups is 1. The molecule has 21 heavy (non-hydrogen) atoms. The normalized spacial score (nSPS) is 29.9. The Morgan fingerprint density at radius 2 is 2.10 bits per heavy atom. The molecule has 0 aromatic heterocycles. The summed E-state index contributed by atoms with van der Waals surface area (Å²) in [5.74, 6) is 1.65. The Hall–Kier alpha value is -1.35. The lowest BCUT2D eigenvalue weighted by Gasteiger charge is -2.34. The molecule has 1 saturated carbocycles. The van der Waals surface area contributed by atoms with Crippen LogP contribution in [0.2, 0.25) is 0 Å². The number of rotatable bonds is 3. The number of benzene rings is 1. The Morgan fingerprint density at radius 1 is 1.29 bits per heavy atom. The second-order valence-electron chi connectivity index (χ2n) is 6.77. The fourth-order valence-corrected chi connectivity index (χ4v) is 3.80. The van der Waals surface area contributed by atoms with Gasteiger partial charge in [-0.15, -0.1) is 0 Å². The van der Waals surface area contributed by atoms with Gasteiger partial charge in [0.25, 0.3) is 0 Å². The molecule has 2 fully saturated rings. The van der Waals surface area contributed by atoms with Crippen LogP contribution in [0.25, 0.3) is 0 Å². The maximum Gasteiger partial charge on any atom is 0.238 e. The molecule has 1 saturated heterocycles. The van der Waals surface area contributed by atoms with Crippen molar-refractivity contribution in [3.63, 3.8) is 0 Å².